The molecule has 0 saturated heterocycles. The van der Waals surface area contributed by atoms with E-state index in [-0.39, 0.29) is 12.0 Å². The quantitative estimate of drug-likeness (QED) is 0.635. The van der Waals surface area contributed by atoms with Crippen LogP contribution in [0.5, 0.6) is 0 Å². The van der Waals surface area contributed by atoms with Crippen LogP contribution < -0.4 is 5.01 Å². The van der Waals surface area contributed by atoms with E-state index < -0.39 is 5.60 Å². The smallest absolute Gasteiger partial charge is 0.337 e. The molecule has 1 unspecified atom stereocenters. The Morgan fingerprint density at radius 2 is 1.71 bits per heavy atom. The lowest BCUT2D eigenvalue weighted by Gasteiger charge is -2.34. The van der Waals surface area contributed by atoms with Crippen molar-refractivity contribution in [3.63, 3.8) is 0 Å². The summed E-state index contributed by atoms with van der Waals surface area (Å²) in [5, 5.41) is 4.63. The van der Waals surface area contributed by atoms with Gasteiger partial charge in [-0.3, -0.25) is 0 Å². The SMILES string of the molecule is CCOC(=O)C(C)(C)OCC1c2ccccc2N(Cc2ccccc2)N1CC. The van der Waals surface area contributed by atoms with Crippen molar-refractivity contribution in [2.75, 3.05) is 24.8 Å². The summed E-state index contributed by atoms with van der Waals surface area (Å²) in [4.78, 5) is 12.2. The van der Waals surface area contributed by atoms with E-state index in [4.69, 9.17) is 9.47 Å². The van der Waals surface area contributed by atoms with Gasteiger partial charge in [0.2, 0.25) is 0 Å². The fourth-order valence-corrected chi connectivity index (χ4v) is 3.62. The molecule has 1 atom stereocenters. The molecule has 1 aliphatic rings. The normalized spacial score (nSPS) is 16.9. The molecule has 2 aromatic rings. The number of rotatable bonds is 8. The number of fused-ring (bicyclic) bond motifs is 1. The largest absolute Gasteiger partial charge is 0.464 e. The summed E-state index contributed by atoms with van der Waals surface area (Å²) < 4.78 is 11.2. The van der Waals surface area contributed by atoms with Crippen molar-refractivity contribution >= 4 is 11.7 Å². The zero-order chi connectivity index (χ0) is 20.1. The van der Waals surface area contributed by atoms with Crippen LogP contribution in [-0.2, 0) is 20.8 Å². The number of benzene rings is 2. The molecule has 5 heteroatoms. The molecule has 0 aliphatic carbocycles. The first-order valence-corrected chi connectivity index (χ1v) is 9.96. The van der Waals surface area contributed by atoms with Crippen LogP contribution in [0.4, 0.5) is 5.69 Å². The van der Waals surface area contributed by atoms with Gasteiger partial charge in [0.25, 0.3) is 0 Å². The van der Waals surface area contributed by atoms with Crippen LogP contribution in [-0.4, -0.2) is 36.3 Å². The maximum atomic E-state index is 12.2. The zero-order valence-electron chi connectivity index (χ0n) is 17.2. The first-order valence-electron chi connectivity index (χ1n) is 9.96. The Bertz CT molecular complexity index is 791. The molecule has 0 radical (unpaired) electrons. The number of para-hydroxylation sites is 1. The van der Waals surface area contributed by atoms with Crippen molar-refractivity contribution in [2.24, 2.45) is 0 Å². The van der Waals surface area contributed by atoms with Gasteiger partial charge in [-0.25, -0.2) is 9.80 Å². The number of anilines is 1. The van der Waals surface area contributed by atoms with E-state index in [0.29, 0.717) is 13.2 Å². The number of hydrogen-bond donors (Lipinski definition) is 0. The highest BCUT2D eigenvalue weighted by Crippen LogP contribution is 2.41. The summed E-state index contributed by atoms with van der Waals surface area (Å²) in [6.07, 6.45) is 0. The van der Waals surface area contributed by atoms with Gasteiger partial charge in [0.1, 0.15) is 0 Å². The van der Waals surface area contributed by atoms with Crippen molar-refractivity contribution in [1.29, 1.82) is 0 Å². The molecule has 0 amide bonds. The molecular formula is C23H30N2O3. The molecule has 1 heterocycles. The Hall–Kier alpha value is -2.37. The molecule has 0 saturated carbocycles. The summed E-state index contributed by atoms with van der Waals surface area (Å²) in [6.45, 7) is 9.90. The minimum atomic E-state index is -0.975. The lowest BCUT2D eigenvalue weighted by atomic mass is 10.1. The highest BCUT2D eigenvalue weighted by molar-refractivity contribution is 5.78. The summed E-state index contributed by atoms with van der Waals surface area (Å²) in [6, 6.07) is 18.9. The second-order valence-electron chi connectivity index (χ2n) is 7.42. The Labute approximate surface area is 167 Å². The van der Waals surface area contributed by atoms with Crippen molar-refractivity contribution in [1.82, 2.24) is 5.01 Å². The Morgan fingerprint density at radius 1 is 1.04 bits per heavy atom. The lowest BCUT2D eigenvalue weighted by Crippen LogP contribution is -2.43. The van der Waals surface area contributed by atoms with Crippen LogP contribution in [0.1, 0.15) is 44.9 Å². The number of ether oxygens (including phenoxy) is 2. The van der Waals surface area contributed by atoms with Gasteiger partial charge in [-0.15, -0.1) is 0 Å². The Morgan fingerprint density at radius 3 is 2.39 bits per heavy atom. The van der Waals surface area contributed by atoms with Crippen LogP contribution in [0.3, 0.4) is 0 Å². The highest BCUT2D eigenvalue weighted by atomic mass is 16.6. The maximum absolute atomic E-state index is 12.2. The second kappa shape index (κ2) is 8.76. The Kier molecular flexibility index (Phi) is 6.37. The third kappa shape index (κ3) is 4.21. The van der Waals surface area contributed by atoms with E-state index in [1.165, 1.54) is 16.8 Å². The Balaban J connectivity index is 1.82. The molecule has 28 heavy (non-hydrogen) atoms. The topological polar surface area (TPSA) is 42.0 Å². The minimum absolute atomic E-state index is 0.0543. The van der Waals surface area contributed by atoms with E-state index >= 15 is 0 Å². The molecule has 0 aromatic heterocycles. The van der Waals surface area contributed by atoms with Gasteiger partial charge >= 0.3 is 5.97 Å². The third-order valence-electron chi connectivity index (χ3n) is 5.11. The molecule has 2 aromatic carbocycles. The second-order valence-corrected chi connectivity index (χ2v) is 7.42. The summed E-state index contributed by atoms with van der Waals surface area (Å²) in [5.74, 6) is -0.328. The fraction of sp³-hybridized carbons (Fsp3) is 0.435. The maximum Gasteiger partial charge on any atom is 0.337 e. The molecule has 0 N–H and O–H groups in total. The van der Waals surface area contributed by atoms with Crippen molar-refractivity contribution < 1.29 is 14.3 Å². The van der Waals surface area contributed by atoms with Gasteiger partial charge in [-0.05, 0) is 38.0 Å². The highest BCUT2D eigenvalue weighted by Gasteiger charge is 2.38. The molecule has 1 aliphatic heterocycles. The first-order chi connectivity index (χ1) is 13.5. The number of esters is 1. The molecule has 150 valence electrons. The predicted octanol–water partition coefficient (Wildman–Crippen LogP) is 4.34. The average Bonchev–Trinajstić information content (AvgIpc) is 3.00. The van der Waals surface area contributed by atoms with E-state index in [1.54, 1.807) is 13.8 Å². The molecule has 3 rings (SSSR count). The van der Waals surface area contributed by atoms with Crippen LogP contribution in [0.2, 0.25) is 0 Å². The van der Waals surface area contributed by atoms with E-state index in [0.717, 1.165) is 13.1 Å². The average molecular weight is 383 g/mol. The van der Waals surface area contributed by atoms with Crippen LogP contribution in [0.25, 0.3) is 0 Å². The molecular weight excluding hydrogens is 352 g/mol. The third-order valence-corrected chi connectivity index (χ3v) is 5.11. The van der Waals surface area contributed by atoms with Crippen LogP contribution in [0.15, 0.2) is 54.6 Å². The van der Waals surface area contributed by atoms with E-state index in [2.05, 4.69) is 65.5 Å². The predicted molar refractivity (Wildman–Crippen MR) is 111 cm³/mol. The van der Waals surface area contributed by atoms with Crippen molar-refractivity contribution in [3.8, 4) is 0 Å². The van der Waals surface area contributed by atoms with Gasteiger partial charge in [0.15, 0.2) is 5.60 Å². The number of nitrogens with zero attached hydrogens (tertiary/aromatic N) is 2. The van der Waals surface area contributed by atoms with Gasteiger partial charge < -0.3 is 14.5 Å². The van der Waals surface area contributed by atoms with Crippen molar-refractivity contribution in [2.45, 2.75) is 45.9 Å². The van der Waals surface area contributed by atoms with Crippen LogP contribution in [0, 0.1) is 0 Å². The van der Waals surface area contributed by atoms with Gasteiger partial charge in [-0.1, -0.05) is 55.5 Å². The number of carbonyl (C=O) groups is 1. The number of hydrogen-bond acceptors (Lipinski definition) is 5. The minimum Gasteiger partial charge on any atom is -0.464 e. The first kappa shape index (κ1) is 20.4. The molecule has 0 fully saturated rings. The fourth-order valence-electron chi connectivity index (χ4n) is 3.62. The lowest BCUT2D eigenvalue weighted by molar-refractivity contribution is -0.169. The summed E-state index contributed by atoms with van der Waals surface area (Å²) >= 11 is 0. The number of hydrazine groups is 1. The number of likely N-dealkylation sites (N-methyl/N-ethyl adjacent to an activating group) is 1. The standard InChI is InChI=1S/C23H30N2O3/c1-5-24-21(17-28-23(3,4)22(26)27-6-2)19-14-10-11-15-20(19)25(24)16-18-12-8-7-9-13-18/h7-15,21H,5-6,16-17H2,1-4H3. The van der Waals surface area contributed by atoms with Gasteiger partial charge in [0.05, 0.1) is 31.5 Å². The molecule has 5 nitrogen and oxygen atoms in total. The van der Waals surface area contributed by atoms with Crippen LogP contribution >= 0.6 is 0 Å². The summed E-state index contributed by atoms with van der Waals surface area (Å²) in [5.41, 5.74) is 2.69. The van der Waals surface area contributed by atoms with Gasteiger partial charge in [0, 0.05) is 6.54 Å². The summed E-state index contributed by atoms with van der Waals surface area (Å²) in [7, 11) is 0. The number of carbonyl (C=O) groups excluding carboxylic acids is 1. The van der Waals surface area contributed by atoms with Gasteiger partial charge in [-0.2, -0.15) is 0 Å². The van der Waals surface area contributed by atoms with Crippen molar-refractivity contribution in [3.05, 3.63) is 65.7 Å². The van der Waals surface area contributed by atoms with E-state index in [9.17, 15) is 4.79 Å². The zero-order valence-corrected chi connectivity index (χ0v) is 17.2. The molecule has 0 spiro atoms. The van der Waals surface area contributed by atoms with E-state index in [1.807, 2.05) is 13.0 Å². The monoisotopic (exact) mass is 382 g/mol. The molecule has 0 bridgehead atoms.